The zero-order valence-corrected chi connectivity index (χ0v) is 12.0. The summed E-state index contributed by atoms with van der Waals surface area (Å²) >= 11 is 0. The molecule has 2 aromatic carbocycles. The quantitative estimate of drug-likeness (QED) is 0.799. The van der Waals surface area contributed by atoms with E-state index in [1.54, 1.807) is 12.1 Å². The Morgan fingerprint density at radius 2 is 1.68 bits per heavy atom. The van der Waals surface area contributed by atoms with E-state index in [2.05, 4.69) is 4.98 Å². The van der Waals surface area contributed by atoms with Crippen molar-refractivity contribution in [1.82, 2.24) is 4.98 Å². The van der Waals surface area contributed by atoms with Crippen LogP contribution >= 0.6 is 0 Å². The summed E-state index contributed by atoms with van der Waals surface area (Å²) in [6, 6.07) is 16.6. The number of hydrogen-bond acceptors (Lipinski definition) is 2. The Kier molecular flexibility index (Phi) is 3.74. The Morgan fingerprint density at radius 1 is 1.00 bits per heavy atom. The SMILES string of the molecule is NC(=O)CCc1nc2ccccc2c([O])c1-c1ccccc1. The van der Waals surface area contributed by atoms with Crippen molar-refractivity contribution in [3.8, 4) is 16.9 Å². The van der Waals surface area contributed by atoms with Crippen LogP contribution in [0.5, 0.6) is 5.75 Å². The molecular weight excluding hydrogens is 276 g/mol. The number of carbonyl (C=O) groups excluding carboxylic acids is 1. The summed E-state index contributed by atoms with van der Waals surface area (Å²) in [6.07, 6.45) is 0.532. The third-order valence-corrected chi connectivity index (χ3v) is 3.59. The van der Waals surface area contributed by atoms with Gasteiger partial charge >= 0.3 is 0 Å². The minimum atomic E-state index is -0.401. The van der Waals surface area contributed by atoms with Crippen molar-refractivity contribution >= 4 is 16.8 Å². The van der Waals surface area contributed by atoms with Gasteiger partial charge in [0.25, 0.3) is 0 Å². The maximum atomic E-state index is 12.8. The van der Waals surface area contributed by atoms with Crippen LogP contribution in [0.4, 0.5) is 0 Å². The first-order chi connectivity index (χ1) is 10.7. The van der Waals surface area contributed by atoms with Gasteiger partial charge in [0, 0.05) is 11.8 Å². The molecule has 3 rings (SSSR count). The molecule has 0 spiro atoms. The third kappa shape index (κ3) is 2.63. The van der Waals surface area contributed by atoms with Gasteiger partial charge in [-0.25, -0.2) is 0 Å². The Bertz CT molecular complexity index is 829. The summed E-state index contributed by atoms with van der Waals surface area (Å²) < 4.78 is 0. The molecule has 0 aliphatic heterocycles. The van der Waals surface area contributed by atoms with Crippen molar-refractivity contribution in [2.75, 3.05) is 0 Å². The van der Waals surface area contributed by atoms with E-state index < -0.39 is 5.91 Å². The molecule has 4 nitrogen and oxygen atoms in total. The maximum absolute atomic E-state index is 12.8. The molecule has 4 heteroatoms. The molecule has 0 bridgehead atoms. The molecule has 109 valence electrons. The van der Waals surface area contributed by atoms with Gasteiger partial charge in [0.1, 0.15) is 0 Å². The number of aromatic nitrogens is 1. The van der Waals surface area contributed by atoms with Crippen molar-refractivity contribution in [3.05, 3.63) is 60.3 Å². The number of aryl methyl sites for hydroxylation is 1. The first-order valence-electron chi connectivity index (χ1n) is 7.09. The molecule has 0 saturated carbocycles. The highest BCUT2D eigenvalue weighted by Gasteiger charge is 2.17. The standard InChI is InChI=1S/C18H15N2O2/c19-16(21)11-10-15-17(12-6-2-1-3-7-12)18(22)13-8-4-5-9-14(13)20-15/h1-9H,10-11H2,(H2,19,21). The lowest BCUT2D eigenvalue weighted by atomic mass is 9.97. The predicted molar refractivity (Wildman–Crippen MR) is 84.8 cm³/mol. The fourth-order valence-electron chi connectivity index (χ4n) is 2.56. The molecule has 0 atom stereocenters. The second-order valence-electron chi connectivity index (χ2n) is 5.11. The minimum Gasteiger partial charge on any atom is -0.370 e. The molecule has 0 aliphatic carbocycles. The fourth-order valence-corrected chi connectivity index (χ4v) is 2.56. The van der Waals surface area contributed by atoms with Gasteiger partial charge in [0.05, 0.1) is 16.8 Å². The Morgan fingerprint density at radius 3 is 2.41 bits per heavy atom. The van der Waals surface area contributed by atoms with Gasteiger partial charge in [0.2, 0.25) is 5.91 Å². The van der Waals surface area contributed by atoms with Gasteiger partial charge in [-0.05, 0) is 24.1 Å². The van der Waals surface area contributed by atoms with Gasteiger partial charge in [-0.2, -0.15) is 0 Å². The number of fused-ring (bicyclic) bond motifs is 1. The lowest BCUT2D eigenvalue weighted by Crippen LogP contribution is -2.12. The number of pyridine rings is 1. The Labute approximate surface area is 128 Å². The summed E-state index contributed by atoms with van der Waals surface area (Å²) in [7, 11) is 0. The first-order valence-corrected chi connectivity index (χ1v) is 7.09. The smallest absolute Gasteiger partial charge is 0.217 e. The molecule has 0 fully saturated rings. The van der Waals surface area contributed by atoms with Gasteiger partial charge in [0.15, 0.2) is 5.75 Å². The summed E-state index contributed by atoms with van der Waals surface area (Å²) in [5.41, 5.74) is 7.87. The topological polar surface area (TPSA) is 75.9 Å². The van der Waals surface area contributed by atoms with E-state index >= 15 is 0 Å². The zero-order chi connectivity index (χ0) is 15.5. The van der Waals surface area contributed by atoms with E-state index in [9.17, 15) is 9.90 Å². The van der Waals surface area contributed by atoms with Crippen molar-refractivity contribution in [3.63, 3.8) is 0 Å². The molecule has 1 heterocycles. The number of benzene rings is 2. The zero-order valence-electron chi connectivity index (χ0n) is 12.0. The summed E-state index contributed by atoms with van der Waals surface area (Å²) in [6.45, 7) is 0. The van der Waals surface area contributed by atoms with Crippen LogP contribution < -0.4 is 5.73 Å². The number of nitrogens with two attached hydrogens (primary N) is 1. The highest BCUT2D eigenvalue weighted by atomic mass is 16.3. The average molecular weight is 291 g/mol. The van der Waals surface area contributed by atoms with Crippen LogP contribution in [-0.4, -0.2) is 10.9 Å². The van der Waals surface area contributed by atoms with Crippen molar-refractivity contribution in [2.24, 2.45) is 5.73 Å². The second kappa shape index (κ2) is 5.85. The van der Waals surface area contributed by atoms with Gasteiger partial charge < -0.3 is 5.73 Å². The lowest BCUT2D eigenvalue weighted by molar-refractivity contribution is -0.118. The number of rotatable bonds is 4. The summed E-state index contributed by atoms with van der Waals surface area (Å²) in [4.78, 5) is 15.7. The molecular formula is C18H15N2O2. The number of carbonyl (C=O) groups is 1. The van der Waals surface area contributed by atoms with Crippen molar-refractivity contribution < 1.29 is 9.90 Å². The molecule has 2 N–H and O–H groups in total. The Hall–Kier alpha value is -2.88. The monoisotopic (exact) mass is 291 g/mol. The lowest BCUT2D eigenvalue weighted by Gasteiger charge is -2.12. The van der Waals surface area contributed by atoms with Crippen LogP contribution in [0.25, 0.3) is 22.0 Å². The number of hydrogen-bond donors (Lipinski definition) is 1. The summed E-state index contributed by atoms with van der Waals surface area (Å²) in [5, 5.41) is 13.4. The number of amides is 1. The maximum Gasteiger partial charge on any atom is 0.217 e. The fraction of sp³-hybridized carbons (Fsp3) is 0.111. The predicted octanol–water partition coefficient (Wildman–Crippen LogP) is 3.46. The molecule has 3 aromatic rings. The normalized spacial score (nSPS) is 10.7. The van der Waals surface area contributed by atoms with Crippen LogP contribution in [-0.2, 0) is 16.3 Å². The van der Waals surface area contributed by atoms with Gasteiger partial charge in [-0.3, -0.25) is 14.9 Å². The van der Waals surface area contributed by atoms with Crippen molar-refractivity contribution in [1.29, 1.82) is 0 Å². The minimum absolute atomic E-state index is 0.0590. The van der Waals surface area contributed by atoms with E-state index in [1.807, 2.05) is 42.5 Å². The largest absolute Gasteiger partial charge is 0.370 e. The molecule has 1 amide bonds. The highest BCUT2D eigenvalue weighted by Crippen LogP contribution is 2.38. The van der Waals surface area contributed by atoms with Crippen molar-refractivity contribution in [2.45, 2.75) is 12.8 Å². The average Bonchev–Trinajstić information content (AvgIpc) is 2.54. The molecule has 1 radical (unpaired) electrons. The van der Waals surface area contributed by atoms with Gasteiger partial charge in [-0.15, -0.1) is 0 Å². The van der Waals surface area contributed by atoms with Crippen LogP contribution in [0.2, 0.25) is 0 Å². The molecule has 0 unspecified atom stereocenters. The van der Waals surface area contributed by atoms with Crippen LogP contribution in [0.1, 0.15) is 12.1 Å². The number of primary amides is 1. The van der Waals surface area contributed by atoms with Gasteiger partial charge in [-0.1, -0.05) is 42.5 Å². The molecule has 22 heavy (non-hydrogen) atoms. The first kappa shape index (κ1) is 14.1. The van der Waals surface area contributed by atoms with E-state index in [4.69, 9.17) is 5.73 Å². The molecule has 0 saturated heterocycles. The summed E-state index contributed by atoms with van der Waals surface area (Å²) in [5.74, 6) is -0.460. The van der Waals surface area contributed by atoms with E-state index in [1.165, 1.54) is 0 Å². The number of para-hydroxylation sites is 1. The third-order valence-electron chi connectivity index (χ3n) is 3.59. The van der Waals surface area contributed by atoms with E-state index in [0.29, 0.717) is 28.6 Å². The Balaban J connectivity index is 2.23. The second-order valence-corrected chi connectivity index (χ2v) is 5.11. The van der Waals surface area contributed by atoms with Crippen LogP contribution in [0.3, 0.4) is 0 Å². The molecule has 0 aliphatic rings. The highest BCUT2D eigenvalue weighted by molar-refractivity contribution is 5.93. The van der Waals surface area contributed by atoms with Crippen LogP contribution in [0, 0.1) is 0 Å². The van der Waals surface area contributed by atoms with E-state index in [0.717, 1.165) is 5.56 Å². The van der Waals surface area contributed by atoms with Crippen LogP contribution in [0.15, 0.2) is 54.6 Å². The number of nitrogens with zero attached hydrogens (tertiary/aromatic N) is 1. The van der Waals surface area contributed by atoms with E-state index in [-0.39, 0.29) is 12.2 Å². The molecule has 1 aromatic heterocycles.